The number of carbonyl (C=O) groups is 2. The van der Waals surface area contributed by atoms with Crippen molar-refractivity contribution in [2.45, 2.75) is 6.54 Å². The summed E-state index contributed by atoms with van der Waals surface area (Å²) in [5.74, 6) is -0.416. The van der Waals surface area contributed by atoms with Gasteiger partial charge >= 0.3 is 0 Å². The summed E-state index contributed by atoms with van der Waals surface area (Å²) in [5, 5.41) is 6.61. The quantitative estimate of drug-likeness (QED) is 0.430. The highest BCUT2D eigenvalue weighted by atomic mass is 16.5. The van der Waals surface area contributed by atoms with Crippen molar-refractivity contribution >= 4 is 28.8 Å². The second-order valence-corrected chi connectivity index (χ2v) is 7.47. The van der Waals surface area contributed by atoms with Crippen molar-refractivity contribution in [3.8, 4) is 5.75 Å². The Morgan fingerprint density at radius 1 is 1.06 bits per heavy atom. The third-order valence-electron chi connectivity index (χ3n) is 5.25. The maximum Gasteiger partial charge on any atom is 0.268 e. The van der Waals surface area contributed by atoms with E-state index in [1.165, 1.54) is 7.11 Å². The normalized spacial score (nSPS) is 11.3. The van der Waals surface area contributed by atoms with E-state index in [0.717, 1.165) is 22.0 Å². The van der Waals surface area contributed by atoms with Gasteiger partial charge in [-0.1, -0.05) is 36.4 Å². The minimum absolute atomic E-state index is 0.131. The molecule has 4 aromatic rings. The molecule has 0 fully saturated rings. The molecule has 4 rings (SSSR count). The van der Waals surface area contributed by atoms with Gasteiger partial charge < -0.3 is 19.9 Å². The lowest BCUT2D eigenvalue weighted by Gasteiger charge is -2.13. The highest BCUT2D eigenvalue weighted by Crippen LogP contribution is 2.23. The molecule has 0 radical (unpaired) electrons. The predicted octanol–water partition coefficient (Wildman–Crippen LogP) is 3.67. The summed E-state index contributed by atoms with van der Waals surface area (Å²) in [7, 11) is 3.44. The van der Waals surface area contributed by atoms with Crippen molar-refractivity contribution in [3.63, 3.8) is 0 Å². The molecule has 0 bridgehead atoms. The molecule has 0 spiro atoms. The van der Waals surface area contributed by atoms with Gasteiger partial charge in [0.05, 0.1) is 12.7 Å². The molecule has 0 aliphatic carbocycles. The zero-order chi connectivity index (χ0) is 23.2. The summed E-state index contributed by atoms with van der Waals surface area (Å²) in [5.41, 5.74) is 3.16. The van der Waals surface area contributed by atoms with Crippen LogP contribution in [0.2, 0.25) is 0 Å². The summed E-state index contributed by atoms with van der Waals surface area (Å²) in [6.07, 6.45) is 6.97. The molecule has 2 heterocycles. The van der Waals surface area contributed by atoms with Crippen LogP contribution in [0.5, 0.6) is 5.75 Å². The van der Waals surface area contributed by atoms with Crippen LogP contribution in [0, 0.1) is 0 Å². The number of rotatable bonds is 7. The van der Waals surface area contributed by atoms with Gasteiger partial charge in [0.25, 0.3) is 11.8 Å². The van der Waals surface area contributed by atoms with Gasteiger partial charge in [-0.3, -0.25) is 14.6 Å². The van der Waals surface area contributed by atoms with Crippen LogP contribution in [0.4, 0.5) is 0 Å². The lowest BCUT2D eigenvalue weighted by atomic mass is 10.1. The van der Waals surface area contributed by atoms with E-state index in [1.54, 1.807) is 48.8 Å². The Labute approximate surface area is 191 Å². The number of hydrogen-bond donors (Lipinski definition) is 2. The van der Waals surface area contributed by atoms with Crippen LogP contribution in [0.25, 0.3) is 17.0 Å². The monoisotopic (exact) mass is 440 g/mol. The Morgan fingerprint density at radius 2 is 1.85 bits per heavy atom. The number of pyridine rings is 1. The predicted molar refractivity (Wildman–Crippen MR) is 127 cm³/mol. The van der Waals surface area contributed by atoms with E-state index in [4.69, 9.17) is 4.74 Å². The number of aryl methyl sites for hydroxylation is 1. The fourth-order valence-corrected chi connectivity index (χ4v) is 3.60. The Balaban J connectivity index is 1.67. The SMILES string of the molecule is COc1ccccc1C(=O)NC(=Cc1cn(C)c2ccccc12)C(=O)NCc1cccnc1. The lowest BCUT2D eigenvalue weighted by Crippen LogP contribution is -2.34. The first-order valence-electron chi connectivity index (χ1n) is 10.4. The van der Waals surface area contributed by atoms with Crippen LogP contribution in [0.15, 0.2) is 85.0 Å². The smallest absolute Gasteiger partial charge is 0.268 e. The summed E-state index contributed by atoms with van der Waals surface area (Å²) >= 11 is 0. The molecule has 0 saturated heterocycles. The minimum Gasteiger partial charge on any atom is -0.496 e. The van der Waals surface area contributed by atoms with Crippen LogP contribution in [-0.2, 0) is 18.4 Å². The van der Waals surface area contributed by atoms with Gasteiger partial charge in [0.15, 0.2) is 0 Å². The summed E-state index contributed by atoms with van der Waals surface area (Å²) in [4.78, 5) is 30.2. The van der Waals surface area contributed by atoms with E-state index >= 15 is 0 Å². The zero-order valence-electron chi connectivity index (χ0n) is 18.4. The highest BCUT2D eigenvalue weighted by Gasteiger charge is 2.18. The van der Waals surface area contributed by atoms with Crippen molar-refractivity contribution in [1.82, 2.24) is 20.2 Å². The number of fused-ring (bicyclic) bond motifs is 1. The van der Waals surface area contributed by atoms with Gasteiger partial charge in [0, 0.05) is 48.6 Å². The average molecular weight is 441 g/mol. The molecule has 33 heavy (non-hydrogen) atoms. The van der Waals surface area contributed by atoms with Crippen molar-refractivity contribution in [1.29, 1.82) is 0 Å². The number of para-hydroxylation sites is 2. The molecule has 0 aliphatic heterocycles. The molecule has 7 heteroatoms. The first-order valence-corrected chi connectivity index (χ1v) is 10.4. The van der Waals surface area contributed by atoms with Gasteiger partial charge in [-0.2, -0.15) is 0 Å². The third kappa shape index (κ3) is 4.93. The van der Waals surface area contributed by atoms with E-state index in [9.17, 15) is 9.59 Å². The van der Waals surface area contributed by atoms with Crippen molar-refractivity contribution in [3.05, 3.63) is 102 Å². The lowest BCUT2D eigenvalue weighted by molar-refractivity contribution is -0.117. The Kier molecular flexibility index (Phi) is 6.50. The summed E-state index contributed by atoms with van der Waals surface area (Å²) in [6, 6.07) is 18.4. The van der Waals surface area contributed by atoms with Crippen LogP contribution in [0.3, 0.4) is 0 Å². The first-order chi connectivity index (χ1) is 16.1. The topological polar surface area (TPSA) is 85.2 Å². The Morgan fingerprint density at radius 3 is 2.64 bits per heavy atom. The van der Waals surface area contributed by atoms with E-state index in [1.807, 2.05) is 48.1 Å². The number of nitrogens with one attached hydrogen (secondary N) is 2. The number of methoxy groups -OCH3 is 1. The maximum absolute atomic E-state index is 13.1. The number of hydrogen-bond acceptors (Lipinski definition) is 4. The summed E-state index contributed by atoms with van der Waals surface area (Å²) < 4.78 is 7.28. The fourth-order valence-electron chi connectivity index (χ4n) is 3.60. The van der Waals surface area contributed by atoms with Crippen LogP contribution >= 0.6 is 0 Å². The fraction of sp³-hybridized carbons (Fsp3) is 0.115. The molecule has 166 valence electrons. The maximum atomic E-state index is 13.1. The van der Waals surface area contributed by atoms with E-state index < -0.39 is 11.8 Å². The van der Waals surface area contributed by atoms with Gasteiger partial charge in [-0.25, -0.2) is 0 Å². The van der Waals surface area contributed by atoms with Crippen LogP contribution < -0.4 is 15.4 Å². The standard InChI is InChI=1S/C26H24N4O3/c1-30-17-19(20-9-3-5-11-23(20)30)14-22(26(32)28-16-18-8-7-13-27-15-18)29-25(31)21-10-4-6-12-24(21)33-2/h3-15,17H,16H2,1-2H3,(H,28,32)(H,29,31). The molecule has 0 unspecified atom stereocenters. The second kappa shape index (κ2) is 9.82. The summed E-state index contributed by atoms with van der Waals surface area (Å²) in [6.45, 7) is 0.282. The minimum atomic E-state index is -0.435. The molecule has 2 amide bonds. The van der Waals surface area contributed by atoms with Crippen LogP contribution in [-0.4, -0.2) is 28.5 Å². The molecule has 7 nitrogen and oxygen atoms in total. The highest BCUT2D eigenvalue weighted by molar-refractivity contribution is 6.07. The second-order valence-electron chi connectivity index (χ2n) is 7.47. The van der Waals surface area contributed by atoms with Gasteiger partial charge in [-0.05, 0) is 35.9 Å². The number of ether oxygens (including phenoxy) is 1. The van der Waals surface area contributed by atoms with Gasteiger partial charge in [0.2, 0.25) is 0 Å². The van der Waals surface area contributed by atoms with Crippen molar-refractivity contribution < 1.29 is 14.3 Å². The molecular formula is C26H24N4O3. The first kappa shape index (κ1) is 21.8. The molecule has 0 saturated carbocycles. The molecule has 2 aromatic carbocycles. The molecule has 0 atom stereocenters. The van der Waals surface area contributed by atoms with Crippen molar-refractivity contribution in [2.75, 3.05) is 7.11 Å². The number of benzene rings is 2. The molecule has 2 aromatic heterocycles. The Bertz CT molecular complexity index is 1330. The zero-order valence-corrected chi connectivity index (χ0v) is 18.4. The molecular weight excluding hydrogens is 416 g/mol. The Hall–Kier alpha value is -4.39. The largest absolute Gasteiger partial charge is 0.496 e. The molecule has 0 aliphatic rings. The van der Waals surface area contributed by atoms with Crippen LogP contribution in [0.1, 0.15) is 21.5 Å². The van der Waals surface area contributed by atoms with Crippen molar-refractivity contribution in [2.24, 2.45) is 7.05 Å². The van der Waals surface area contributed by atoms with E-state index in [-0.39, 0.29) is 12.2 Å². The van der Waals surface area contributed by atoms with Gasteiger partial charge in [0.1, 0.15) is 11.4 Å². The number of amides is 2. The number of aromatic nitrogens is 2. The number of carbonyl (C=O) groups excluding carboxylic acids is 2. The third-order valence-corrected chi connectivity index (χ3v) is 5.25. The average Bonchev–Trinajstić information content (AvgIpc) is 3.18. The molecule has 2 N–H and O–H groups in total. The number of nitrogens with zero attached hydrogens (tertiary/aromatic N) is 2. The van der Waals surface area contributed by atoms with E-state index in [0.29, 0.717) is 11.3 Å². The van der Waals surface area contributed by atoms with E-state index in [2.05, 4.69) is 15.6 Å². The van der Waals surface area contributed by atoms with Gasteiger partial charge in [-0.15, -0.1) is 0 Å².